The van der Waals surface area contributed by atoms with Crippen LogP contribution in [0.4, 0.5) is 37.8 Å². The first-order valence-corrected chi connectivity index (χ1v) is 7.20. The van der Waals surface area contributed by atoms with Crippen molar-refractivity contribution in [1.29, 1.82) is 0 Å². The Bertz CT molecular complexity index is 768. The van der Waals surface area contributed by atoms with Crippen LogP contribution in [0.3, 0.4) is 0 Å². The maximum absolute atomic E-state index is 13.0. The third-order valence-corrected chi connectivity index (χ3v) is 3.47. The van der Waals surface area contributed by atoms with Gasteiger partial charge < -0.3 is 10.0 Å². The summed E-state index contributed by atoms with van der Waals surface area (Å²) in [5.41, 5.74) is -3.40. The molecule has 1 aromatic heterocycles. The highest BCUT2D eigenvalue weighted by Gasteiger charge is 2.37. The summed E-state index contributed by atoms with van der Waals surface area (Å²) in [5.74, 6) is -1.24. The van der Waals surface area contributed by atoms with E-state index in [1.807, 2.05) is 0 Å². The molecule has 0 aliphatic carbocycles. The summed E-state index contributed by atoms with van der Waals surface area (Å²) in [6.07, 6.45) is -8.95. The molecule has 0 aliphatic heterocycles. The topological polar surface area (TPSA) is 53.4 Å². The zero-order valence-electron chi connectivity index (χ0n) is 13.2. The minimum Gasteiger partial charge on any atom is -0.478 e. The van der Waals surface area contributed by atoms with Crippen molar-refractivity contribution in [3.63, 3.8) is 0 Å². The molecule has 0 fully saturated rings. The van der Waals surface area contributed by atoms with Crippen LogP contribution in [0.5, 0.6) is 0 Å². The summed E-state index contributed by atoms with van der Waals surface area (Å²) in [4.78, 5) is 15.8. The van der Waals surface area contributed by atoms with Crippen LogP contribution in [-0.4, -0.2) is 22.6 Å². The first kappa shape index (κ1) is 19.5. The summed E-state index contributed by atoms with van der Waals surface area (Å²) in [5, 5.41) is 8.84. The summed E-state index contributed by atoms with van der Waals surface area (Å²) in [6.45, 7) is 1.53. The van der Waals surface area contributed by atoms with Crippen molar-refractivity contribution in [1.82, 2.24) is 4.98 Å². The fourth-order valence-electron chi connectivity index (χ4n) is 2.24. The van der Waals surface area contributed by atoms with Crippen LogP contribution in [0.25, 0.3) is 0 Å². The third kappa shape index (κ3) is 4.24. The number of rotatable bonds is 4. The quantitative estimate of drug-likeness (QED) is 0.763. The van der Waals surface area contributed by atoms with Crippen molar-refractivity contribution >= 4 is 17.5 Å². The minimum absolute atomic E-state index is 0.0119. The number of halogens is 6. The molecule has 1 heterocycles. The monoisotopic (exact) mass is 378 g/mol. The lowest BCUT2D eigenvalue weighted by molar-refractivity contribution is -0.143. The first-order chi connectivity index (χ1) is 11.9. The van der Waals surface area contributed by atoms with Crippen LogP contribution in [0.15, 0.2) is 36.5 Å². The SMILES string of the molecule is CCN(c1cc(C(F)(F)F)cc(C(F)(F)F)c1)c1ccc(C(=O)O)cn1. The number of alkyl halides is 6. The van der Waals surface area contributed by atoms with Gasteiger partial charge in [-0.2, -0.15) is 26.3 Å². The molecule has 1 N–H and O–H groups in total. The lowest BCUT2D eigenvalue weighted by atomic mass is 10.1. The average Bonchev–Trinajstić information content (AvgIpc) is 2.54. The number of benzene rings is 1. The Hall–Kier alpha value is -2.78. The van der Waals surface area contributed by atoms with Crippen molar-refractivity contribution in [2.24, 2.45) is 0 Å². The molecule has 1 aromatic carbocycles. The standard InChI is InChI=1S/C16H12F6N2O2/c1-2-24(13-4-3-9(8-23-13)14(25)26)12-6-10(15(17,18)19)5-11(7-12)16(20,21)22/h3-8H,2H2,1H3,(H,25,26). The van der Waals surface area contributed by atoms with Gasteiger partial charge in [-0.3, -0.25) is 0 Å². The molecule has 0 saturated carbocycles. The highest BCUT2D eigenvalue weighted by Crippen LogP contribution is 2.39. The number of nitrogens with zero attached hydrogens (tertiary/aromatic N) is 2. The molecular weight excluding hydrogens is 366 g/mol. The lowest BCUT2D eigenvalue weighted by Gasteiger charge is -2.24. The van der Waals surface area contributed by atoms with E-state index in [0.717, 1.165) is 17.2 Å². The maximum Gasteiger partial charge on any atom is 0.416 e. The van der Waals surface area contributed by atoms with E-state index < -0.39 is 29.4 Å². The molecule has 0 radical (unpaired) electrons. The summed E-state index contributed by atoms with van der Waals surface area (Å²) in [7, 11) is 0. The van der Waals surface area contributed by atoms with E-state index in [-0.39, 0.29) is 29.7 Å². The smallest absolute Gasteiger partial charge is 0.416 e. The predicted octanol–water partition coefficient (Wildman–Crippen LogP) is 4.98. The molecule has 2 aromatic rings. The second kappa shape index (κ2) is 6.85. The molecule has 0 saturated heterocycles. The summed E-state index contributed by atoms with van der Waals surface area (Å²) >= 11 is 0. The van der Waals surface area contributed by atoms with Gasteiger partial charge in [0.05, 0.1) is 16.7 Å². The van der Waals surface area contributed by atoms with E-state index in [4.69, 9.17) is 5.11 Å². The van der Waals surface area contributed by atoms with Crippen molar-refractivity contribution in [2.45, 2.75) is 19.3 Å². The molecule has 26 heavy (non-hydrogen) atoms. The van der Waals surface area contributed by atoms with Crippen molar-refractivity contribution in [2.75, 3.05) is 11.4 Å². The molecule has 0 aliphatic rings. The Morgan fingerprint density at radius 2 is 1.58 bits per heavy atom. The largest absolute Gasteiger partial charge is 0.478 e. The van der Waals surface area contributed by atoms with Gasteiger partial charge >= 0.3 is 18.3 Å². The van der Waals surface area contributed by atoms with Gasteiger partial charge in [-0.1, -0.05) is 0 Å². The highest BCUT2D eigenvalue weighted by molar-refractivity contribution is 5.87. The van der Waals surface area contributed by atoms with Crippen molar-refractivity contribution in [3.8, 4) is 0 Å². The Morgan fingerprint density at radius 1 is 1.04 bits per heavy atom. The zero-order chi connectivity index (χ0) is 19.7. The number of hydrogen-bond acceptors (Lipinski definition) is 3. The van der Waals surface area contributed by atoms with E-state index in [1.54, 1.807) is 0 Å². The predicted molar refractivity (Wildman–Crippen MR) is 80.3 cm³/mol. The minimum atomic E-state index is -4.96. The summed E-state index contributed by atoms with van der Waals surface area (Å²) < 4.78 is 77.9. The molecule has 0 unspecified atom stereocenters. The molecular formula is C16H12F6N2O2. The van der Waals surface area contributed by atoms with E-state index in [9.17, 15) is 31.1 Å². The van der Waals surface area contributed by atoms with Gasteiger partial charge in [-0.25, -0.2) is 9.78 Å². The summed E-state index contributed by atoms with van der Waals surface area (Å²) in [6, 6.07) is 3.58. The van der Waals surface area contributed by atoms with Crippen LogP contribution >= 0.6 is 0 Å². The van der Waals surface area contributed by atoms with Crippen molar-refractivity contribution < 1.29 is 36.2 Å². The fourth-order valence-corrected chi connectivity index (χ4v) is 2.24. The van der Waals surface area contributed by atoms with Gasteiger partial charge in [-0.05, 0) is 37.3 Å². The van der Waals surface area contributed by atoms with Crippen LogP contribution in [0.2, 0.25) is 0 Å². The number of anilines is 2. The van der Waals surface area contributed by atoms with Gasteiger partial charge in [0.2, 0.25) is 0 Å². The molecule has 10 heteroatoms. The highest BCUT2D eigenvalue weighted by atomic mass is 19.4. The van der Waals surface area contributed by atoms with Crippen LogP contribution in [0.1, 0.15) is 28.4 Å². The first-order valence-electron chi connectivity index (χ1n) is 7.20. The van der Waals surface area contributed by atoms with Gasteiger partial charge in [0.25, 0.3) is 0 Å². The number of carboxylic acids is 1. The molecule has 0 atom stereocenters. The molecule has 0 amide bonds. The van der Waals surface area contributed by atoms with Gasteiger partial charge in [0.1, 0.15) is 5.82 Å². The lowest BCUT2D eigenvalue weighted by Crippen LogP contribution is -2.20. The molecule has 4 nitrogen and oxygen atoms in total. The second-order valence-corrected chi connectivity index (χ2v) is 5.22. The third-order valence-electron chi connectivity index (χ3n) is 3.47. The van der Waals surface area contributed by atoms with Crippen LogP contribution < -0.4 is 4.90 Å². The Balaban J connectivity index is 2.57. The molecule has 140 valence electrons. The Morgan fingerprint density at radius 3 is 1.92 bits per heavy atom. The van der Waals surface area contributed by atoms with Gasteiger partial charge in [0, 0.05) is 18.4 Å². The number of aromatic nitrogens is 1. The van der Waals surface area contributed by atoms with Crippen LogP contribution in [-0.2, 0) is 12.4 Å². The van der Waals surface area contributed by atoms with E-state index in [2.05, 4.69) is 4.98 Å². The number of carboxylic acid groups (broad SMARTS) is 1. The number of carbonyl (C=O) groups is 1. The number of pyridine rings is 1. The second-order valence-electron chi connectivity index (χ2n) is 5.22. The van der Waals surface area contributed by atoms with E-state index in [0.29, 0.717) is 12.1 Å². The molecule has 0 bridgehead atoms. The Labute approximate surface area is 143 Å². The van der Waals surface area contributed by atoms with Gasteiger partial charge in [-0.15, -0.1) is 0 Å². The maximum atomic E-state index is 13.0. The van der Waals surface area contributed by atoms with E-state index in [1.165, 1.54) is 13.0 Å². The normalized spacial score (nSPS) is 12.1. The fraction of sp³-hybridized carbons (Fsp3) is 0.250. The van der Waals surface area contributed by atoms with Gasteiger partial charge in [0.15, 0.2) is 0 Å². The number of hydrogen-bond donors (Lipinski definition) is 1. The number of aromatic carboxylic acids is 1. The average molecular weight is 378 g/mol. The van der Waals surface area contributed by atoms with Crippen LogP contribution in [0, 0.1) is 0 Å². The Kier molecular flexibility index (Phi) is 5.15. The van der Waals surface area contributed by atoms with E-state index >= 15 is 0 Å². The van der Waals surface area contributed by atoms with Crippen molar-refractivity contribution in [3.05, 3.63) is 53.2 Å². The molecule has 0 spiro atoms. The molecule has 2 rings (SSSR count). The zero-order valence-corrected chi connectivity index (χ0v) is 13.2.